The Morgan fingerprint density at radius 2 is 2.06 bits per heavy atom. The predicted molar refractivity (Wildman–Crippen MR) is 149 cm³/mol. The van der Waals surface area contributed by atoms with Crippen LogP contribution in [-0.4, -0.2) is 51.3 Å². The van der Waals surface area contributed by atoms with Gasteiger partial charge in [0.2, 0.25) is 11.8 Å². The zero-order valence-corrected chi connectivity index (χ0v) is 24.0. The van der Waals surface area contributed by atoms with E-state index < -0.39 is 36.0 Å². The Bertz CT molecular complexity index is 1180. The first-order chi connectivity index (χ1) is 16.9. The van der Waals surface area contributed by atoms with Crippen molar-refractivity contribution in [3.63, 3.8) is 0 Å². The molecule has 3 N–H and O–H groups in total. The van der Waals surface area contributed by atoms with E-state index >= 15 is 0 Å². The van der Waals surface area contributed by atoms with Crippen LogP contribution < -0.4 is 5.32 Å². The van der Waals surface area contributed by atoms with Crippen LogP contribution in [0, 0.1) is 27.7 Å². The molecule has 1 aromatic heterocycles. The fraction of sp³-hybridized carbons (Fsp3) is 0.462. The van der Waals surface area contributed by atoms with Gasteiger partial charge >= 0.3 is 0 Å². The standard InChI is InChI=1S/C26H32FIN4O3S/c1-13(2)22(21(33)10-14(3)29)26(35)32-9-8-19(27)23(32)25(34)31-15(4)18-7-6-17(11-20(18)28)24-16(5)30-12-36-24/h6-7,10-13,15,19,22-23,29,33H,8-9H2,1-5H3,(H,31,34)/b21-10-,29-14?/t15?,19-,22?,23?/m0/s1. The van der Waals surface area contributed by atoms with Crippen molar-refractivity contribution in [2.45, 2.75) is 59.3 Å². The van der Waals surface area contributed by atoms with Gasteiger partial charge in [-0.25, -0.2) is 9.37 Å². The number of thiazole rings is 1. The minimum Gasteiger partial charge on any atom is -0.511 e. The molecule has 3 rings (SSSR count). The number of carbonyl (C=O) groups is 2. The Balaban J connectivity index is 1.79. The molecule has 2 aromatic rings. The average Bonchev–Trinajstić information content (AvgIpc) is 3.38. The quantitative estimate of drug-likeness (QED) is 0.202. The molecule has 10 heteroatoms. The number of hydrogen-bond donors (Lipinski definition) is 3. The van der Waals surface area contributed by atoms with E-state index in [4.69, 9.17) is 5.41 Å². The van der Waals surface area contributed by atoms with Crippen molar-refractivity contribution in [1.82, 2.24) is 15.2 Å². The number of carbonyl (C=O) groups excluding carboxylic acids is 2. The number of allylic oxidation sites excluding steroid dienone is 1. The second-order valence-electron chi connectivity index (χ2n) is 9.49. The van der Waals surface area contributed by atoms with Gasteiger partial charge in [-0.15, -0.1) is 11.3 Å². The highest BCUT2D eigenvalue weighted by Crippen LogP contribution is 2.32. The van der Waals surface area contributed by atoms with Gasteiger partial charge in [-0.2, -0.15) is 0 Å². The SMILES string of the molecule is CC(=N)/C=C(\O)C(C(=O)N1CC[C@H](F)C1C(=O)NC(C)c1ccc(-c2scnc2C)cc1I)C(C)C. The molecule has 0 saturated carbocycles. The van der Waals surface area contributed by atoms with Crippen LogP contribution in [0.2, 0.25) is 0 Å². The van der Waals surface area contributed by atoms with Crippen molar-refractivity contribution in [2.24, 2.45) is 11.8 Å². The minimum atomic E-state index is -1.50. The lowest BCUT2D eigenvalue weighted by atomic mass is 9.91. The van der Waals surface area contributed by atoms with Crippen LogP contribution >= 0.6 is 33.9 Å². The van der Waals surface area contributed by atoms with Crippen molar-refractivity contribution in [3.05, 3.63) is 50.4 Å². The number of aromatic nitrogens is 1. The molecule has 2 amide bonds. The Kier molecular flexibility index (Phi) is 9.26. The maximum Gasteiger partial charge on any atom is 0.246 e. The number of nitrogens with zero attached hydrogens (tertiary/aromatic N) is 2. The zero-order chi connectivity index (χ0) is 26.7. The highest BCUT2D eigenvalue weighted by Gasteiger charge is 2.45. The van der Waals surface area contributed by atoms with Crippen molar-refractivity contribution in [1.29, 1.82) is 5.41 Å². The van der Waals surface area contributed by atoms with Crippen LogP contribution in [0.3, 0.4) is 0 Å². The number of aliphatic hydroxyl groups is 1. The van der Waals surface area contributed by atoms with E-state index in [2.05, 4.69) is 32.9 Å². The molecule has 7 nitrogen and oxygen atoms in total. The fourth-order valence-corrected chi connectivity index (χ4v) is 6.31. The average molecular weight is 627 g/mol. The van der Waals surface area contributed by atoms with E-state index in [1.54, 1.807) is 25.2 Å². The number of aliphatic hydroxyl groups excluding tert-OH is 1. The molecule has 3 unspecified atom stereocenters. The lowest BCUT2D eigenvalue weighted by molar-refractivity contribution is -0.143. The van der Waals surface area contributed by atoms with Crippen molar-refractivity contribution in [2.75, 3.05) is 6.54 Å². The Morgan fingerprint density at radius 1 is 1.36 bits per heavy atom. The number of alkyl halides is 1. The zero-order valence-electron chi connectivity index (χ0n) is 21.0. The first kappa shape index (κ1) is 28.2. The largest absolute Gasteiger partial charge is 0.511 e. The predicted octanol–water partition coefficient (Wildman–Crippen LogP) is 5.59. The molecule has 1 saturated heterocycles. The van der Waals surface area contributed by atoms with Crippen LogP contribution in [-0.2, 0) is 9.59 Å². The van der Waals surface area contributed by atoms with Gasteiger partial charge in [0.05, 0.1) is 28.0 Å². The molecule has 0 spiro atoms. The number of aryl methyl sites for hydroxylation is 1. The molecule has 1 aliphatic heterocycles. The molecular formula is C26H32FIN4O3S. The van der Waals surface area contributed by atoms with E-state index in [-0.39, 0.29) is 30.4 Å². The molecule has 1 fully saturated rings. The summed E-state index contributed by atoms with van der Waals surface area (Å²) >= 11 is 3.80. The normalized spacial score (nSPS) is 19.9. The Morgan fingerprint density at radius 3 is 2.61 bits per heavy atom. The van der Waals surface area contributed by atoms with Crippen LogP contribution in [0.25, 0.3) is 10.4 Å². The van der Waals surface area contributed by atoms with E-state index in [0.717, 1.165) is 25.3 Å². The minimum absolute atomic E-state index is 0.0531. The number of likely N-dealkylation sites (tertiary alicyclic amines) is 1. The number of hydrogen-bond acceptors (Lipinski definition) is 6. The molecule has 0 aliphatic carbocycles. The molecule has 0 radical (unpaired) electrons. The third-order valence-electron chi connectivity index (χ3n) is 6.33. The van der Waals surface area contributed by atoms with Crippen molar-refractivity contribution in [3.8, 4) is 10.4 Å². The first-order valence-electron chi connectivity index (χ1n) is 11.8. The van der Waals surface area contributed by atoms with Gasteiger partial charge in [0, 0.05) is 15.8 Å². The summed E-state index contributed by atoms with van der Waals surface area (Å²) in [4.78, 5) is 33.2. The maximum atomic E-state index is 14.9. The van der Waals surface area contributed by atoms with Crippen LogP contribution in [0.4, 0.5) is 4.39 Å². The summed E-state index contributed by atoms with van der Waals surface area (Å²) in [5.41, 5.74) is 4.81. The molecule has 2 heterocycles. The number of halogens is 2. The fourth-order valence-electron chi connectivity index (χ4n) is 4.53. The summed E-state index contributed by atoms with van der Waals surface area (Å²) in [6, 6.07) is 4.30. The lowest BCUT2D eigenvalue weighted by Crippen LogP contribution is -2.52. The molecule has 1 aromatic carbocycles. The summed E-state index contributed by atoms with van der Waals surface area (Å²) < 4.78 is 15.9. The summed E-state index contributed by atoms with van der Waals surface area (Å²) in [6.07, 6.45) is -0.222. The summed E-state index contributed by atoms with van der Waals surface area (Å²) in [5.74, 6) is -2.56. The van der Waals surface area contributed by atoms with E-state index in [0.29, 0.717) is 0 Å². The van der Waals surface area contributed by atoms with E-state index in [9.17, 15) is 19.1 Å². The summed E-state index contributed by atoms with van der Waals surface area (Å²) in [7, 11) is 0. The number of rotatable bonds is 8. The van der Waals surface area contributed by atoms with Gasteiger partial charge in [-0.05, 0) is 79.0 Å². The van der Waals surface area contributed by atoms with Gasteiger partial charge in [0.15, 0.2) is 0 Å². The molecule has 194 valence electrons. The Hall–Kier alpha value is -2.34. The van der Waals surface area contributed by atoms with Gasteiger partial charge < -0.3 is 20.7 Å². The Labute approximate surface area is 228 Å². The topological polar surface area (TPSA) is 106 Å². The van der Waals surface area contributed by atoms with Gasteiger partial charge in [0.1, 0.15) is 18.0 Å². The van der Waals surface area contributed by atoms with Gasteiger partial charge in [-0.1, -0.05) is 26.0 Å². The first-order valence-corrected chi connectivity index (χ1v) is 13.8. The number of amides is 2. The number of nitrogens with one attached hydrogen (secondary N) is 2. The monoisotopic (exact) mass is 626 g/mol. The lowest BCUT2D eigenvalue weighted by Gasteiger charge is -2.31. The summed E-state index contributed by atoms with van der Waals surface area (Å²) in [5, 5.41) is 21.0. The maximum absolute atomic E-state index is 14.9. The smallest absolute Gasteiger partial charge is 0.246 e. The third kappa shape index (κ3) is 6.13. The summed E-state index contributed by atoms with van der Waals surface area (Å²) in [6.45, 7) is 8.92. The van der Waals surface area contributed by atoms with E-state index in [1.165, 1.54) is 17.9 Å². The highest BCUT2D eigenvalue weighted by molar-refractivity contribution is 14.1. The van der Waals surface area contributed by atoms with Gasteiger partial charge in [-0.3, -0.25) is 9.59 Å². The molecule has 4 atom stereocenters. The molecule has 1 aliphatic rings. The molecule has 36 heavy (non-hydrogen) atoms. The second-order valence-corrected chi connectivity index (χ2v) is 11.5. The number of benzene rings is 1. The third-order valence-corrected chi connectivity index (χ3v) is 8.24. The van der Waals surface area contributed by atoms with Crippen molar-refractivity contribution >= 4 is 51.5 Å². The van der Waals surface area contributed by atoms with Crippen LogP contribution in [0.1, 0.15) is 51.4 Å². The highest BCUT2D eigenvalue weighted by atomic mass is 127. The molecular weight excluding hydrogens is 594 g/mol. The van der Waals surface area contributed by atoms with Crippen LogP contribution in [0.5, 0.6) is 0 Å². The van der Waals surface area contributed by atoms with Crippen LogP contribution in [0.15, 0.2) is 35.5 Å². The molecule has 0 bridgehead atoms. The second kappa shape index (κ2) is 11.8. The van der Waals surface area contributed by atoms with E-state index in [1.807, 2.05) is 37.6 Å². The van der Waals surface area contributed by atoms with Gasteiger partial charge in [0.25, 0.3) is 0 Å². The van der Waals surface area contributed by atoms with Crippen molar-refractivity contribution < 1.29 is 19.1 Å².